The molecule has 46 heavy (non-hydrogen) atoms. The molecule has 1 unspecified atom stereocenters. The van der Waals surface area contributed by atoms with Crippen molar-refractivity contribution in [3.05, 3.63) is 112 Å². The van der Waals surface area contributed by atoms with Gasteiger partial charge in [-0.1, -0.05) is 53.2 Å². The molecule has 2 aromatic carbocycles. The normalized spacial score (nSPS) is 12.9. The highest BCUT2D eigenvalue weighted by Crippen LogP contribution is 2.34. The maximum Gasteiger partial charge on any atom is 0.119 e. The lowest BCUT2D eigenvalue weighted by Gasteiger charge is -2.10. The van der Waals surface area contributed by atoms with Crippen LogP contribution in [0.15, 0.2) is 72.8 Å². The first-order valence-corrected chi connectivity index (χ1v) is 16.8. The van der Waals surface area contributed by atoms with E-state index >= 15 is 0 Å². The van der Waals surface area contributed by atoms with Crippen LogP contribution in [0.1, 0.15) is 59.2 Å². The number of nitrogens with one attached hydrogen (secondary N) is 2. The highest BCUT2D eigenvalue weighted by atomic mass is 79.9. The van der Waals surface area contributed by atoms with Gasteiger partial charge in [-0.2, -0.15) is 0 Å². The molecule has 5 heterocycles. The molecule has 1 atom stereocenters. The number of hydrogen-bond acceptors (Lipinski definition) is 3. The molecule has 0 amide bonds. The SMILES string of the molecule is CCC(Br)CCOc1ccc(-c2cccc(-c3cc4cc5nc(c(C)c6ccc([nH]6)c(C)c6nc(c(C)c3[nH]4)C=C6)C=C5)c2)cc1. The highest BCUT2D eigenvalue weighted by molar-refractivity contribution is 9.09. The monoisotopic (exact) mass is 668 g/mol. The van der Waals surface area contributed by atoms with Gasteiger partial charge in [0.25, 0.3) is 0 Å². The first-order valence-electron chi connectivity index (χ1n) is 15.9. The predicted octanol–water partition coefficient (Wildman–Crippen LogP) is 10.9. The van der Waals surface area contributed by atoms with E-state index in [2.05, 4.69) is 151 Å². The average molecular weight is 670 g/mol. The van der Waals surface area contributed by atoms with Crippen molar-refractivity contribution in [2.75, 3.05) is 6.61 Å². The van der Waals surface area contributed by atoms with Crippen molar-refractivity contribution < 1.29 is 4.74 Å². The summed E-state index contributed by atoms with van der Waals surface area (Å²) in [6, 6.07) is 25.7. The van der Waals surface area contributed by atoms with Gasteiger partial charge in [0.15, 0.2) is 0 Å². The van der Waals surface area contributed by atoms with Gasteiger partial charge in [0.05, 0.1) is 34.9 Å². The molecule has 3 aromatic heterocycles. The fraction of sp³-hybridized carbons (Fsp3) is 0.200. The smallest absolute Gasteiger partial charge is 0.119 e. The number of aryl methyl sites for hydroxylation is 3. The summed E-state index contributed by atoms with van der Waals surface area (Å²) >= 11 is 3.69. The second kappa shape index (κ2) is 12.6. The summed E-state index contributed by atoms with van der Waals surface area (Å²) in [4.78, 5) is 17.8. The Morgan fingerprint density at radius 2 is 1.37 bits per heavy atom. The maximum absolute atomic E-state index is 5.99. The summed E-state index contributed by atoms with van der Waals surface area (Å²) in [5.74, 6) is 0.896. The van der Waals surface area contributed by atoms with Crippen LogP contribution in [-0.2, 0) is 0 Å². The summed E-state index contributed by atoms with van der Waals surface area (Å²) < 4.78 is 5.99. The van der Waals surface area contributed by atoms with Crippen LogP contribution in [0.3, 0.4) is 0 Å². The topological polar surface area (TPSA) is 66.6 Å². The minimum atomic E-state index is 0.491. The van der Waals surface area contributed by atoms with Gasteiger partial charge in [-0.3, -0.25) is 0 Å². The number of aromatic amines is 2. The third-order valence-corrected chi connectivity index (χ3v) is 10.1. The van der Waals surface area contributed by atoms with Crippen LogP contribution in [0.4, 0.5) is 0 Å². The fourth-order valence-corrected chi connectivity index (χ4v) is 6.23. The van der Waals surface area contributed by atoms with E-state index in [4.69, 9.17) is 14.7 Å². The molecule has 0 saturated heterocycles. The maximum atomic E-state index is 5.99. The lowest BCUT2D eigenvalue weighted by atomic mass is 9.98. The van der Waals surface area contributed by atoms with Crippen molar-refractivity contribution in [1.82, 2.24) is 19.9 Å². The molecule has 0 fully saturated rings. The van der Waals surface area contributed by atoms with Gasteiger partial charge in [-0.05, 0) is 134 Å². The molecule has 8 bridgehead atoms. The Morgan fingerprint density at radius 1 is 0.696 bits per heavy atom. The Kier molecular flexibility index (Phi) is 8.22. The molecule has 2 N–H and O–H groups in total. The zero-order valence-corrected chi connectivity index (χ0v) is 28.2. The molecular formula is C40H37BrN4O. The van der Waals surface area contributed by atoms with E-state index in [9.17, 15) is 0 Å². The number of ether oxygens (including phenoxy) is 1. The number of fused-ring (bicyclic) bond motifs is 8. The zero-order chi connectivity index (χ0) is 31.8. The van der Waals surface area contributed by atoms with Gasteiger partial charge in [-0.25, -0.2) is 9.97 Å². The lowest BCUT2D eigenvalue weighted by Crippen LogP contribution is -2.04. The van der Waals surface area contributed by atoms with Crippen molar-refractivity contribution in [2.45, 2.75) is 45.4 Å². The molecule has 0 saturated carbocycles. The molecule has 2 aliphatic heterocycles. The molecule has 230 valence electrons. The van der Waals surface area contributed by atoms with E-state index in [1.54, 1.807) is 0 Å². The second-order valence-corrected chi connectivity index (χ2v) is 13.3. The summed E-state index contributed by atoms with van der Waals surface area (Å²) in [6.45, 7) is 9.26. The van der Waals surface area contributed by atoms with E-state index in [1.807, 2.05) is 0 Å². The first kappa shape index (κ1) is 30.0. The molecule has 5 nitrogen and oxygen atoms in total. The van der Waals surface area contributed by atoms with Crippen LogP contribution >= 0.6 is 15.9 Å². The quantitative estimate of drug-likeness (QED) is 0.166. The zero-order valence-electron chi connectivity index (χ0n) is 26.6. The van der Waals surface area contributed by atoms with Crippen LogP contribution in [0, 0.1) is 20.8 Å². The van der Waals surface area contributed by atoms with Gasteiger partial charge in [0.2, 0.25) is 0 Å². The Balaban J connectivity index is 1.34. The van der Waals surface area contributed by atoms with E-state index in [0.29, 0.717) is 11.4 Å². The highest BCUT2D eigenvalue weighted by Gasteiger charge is 2.13. The first-order chi connectivity index (χ1) is 22.4. The molecule has 5 aromatic rings. The summed E-state index contributed by atoms with van der Waals surface area (Å²) in [6.07, 6.45) is 10.5. The lowest BCUT2D eigenvalue weighted by molar-refractivity contribution is 0.309. The number of aromatic nitrogens is 4. The number of rotatable bonds is 7. The number of alkyl halides is 1. The van der Waals surface area contributed by atoms with Crippen molar-refractivity contribution in [2.24, 2.45) is 0 Å². The standard InChI is InChI=1S/C40H37BrN4O/c1-5-30(41)19-20-46-33-12-9-27(10-13-33)28-7-6-8-29(21-28)34-23-32-22-31-11-14-35(42-31)24(2)36-15-16-37(44-36)25(3)38-17-18-39(45-38)26(4)40(34)43-32/h6-18,21-23,30,43-44H,5,19-20H2,1-4H3. The Morgan fingerprint density at radius 3 is 2.11 bits per heavy atom. The van der Waals surface area contributed by atoms with Crippen LogP contribution < -0.4 is 4.74 Å². The van der Waals surface area contributed by atoms with E-state index < -0.39 is 0 Å². The van der Waals surface area contributed by atoms with Crippen molar-refractivity contribution in [1.29, 1.82) is 0 Å². The average Bonchev–Trinajstić information content (AvgIpc) is 3.91. The molecule has 2 aliphatic rings. The Labute approximate surface area is 278 Å². The minimum Gasteiger partial charge on any atom is -0.494 e. The summed E-state index contributed by atoms with van der Waals surface area (Å²) in [5, 5.41) is 0. The van der Waals surface area contributed by atoms with Crippen molar-refractivity contribution in [3.8, 4) is 28.0 Å². The van der Waals surface area contributed by atoms with Gasteiger partial charge in [-0.15, -0.1) is 0 Å². The number of hydrogen-bond donors (Lipinski definition) is 2. The third kappa shape index (κ3) is 5.97. The Bertz CT molecular complexity index is 2170. The van der Waals surface area contributed by atoms with Crippen LogP contribution in [-0.4, -0.2) is 31.4 Å². The molecule has 7 rings (SSSR count). The van der Waals surface area contributed by atoms with Gasteiger partial charge in [0.1, 0.15) is 5.75 Å². The molecule has 0 radical (unpaired) electrons. The number of H-pyrrole nitrogens is 2. The van der Waals surface area contributed by atoms with Gasteiger partial charge >= 0.3 is 0 Å². The summed E-state index contributed by atoms with van der Waals surface area (Å²) in [7, 11) is 0. The Hall–Kier alpha value is -4.68. The van der Waals surface area contributed by atoms with Gasteiger partial charge < -0.3 is 14.7 Å². The fourth-order valence-electron chi connectivity index (χ4n) is 6.04. The second-order valence-electron chi connectivity index (χ2n) is 12.0. The van der Waals surface area contributed by atoms with E-state index in [1.165, 1.54) is 0 Å². The van der Waals surface area contributed by atoms with E-state index in [-0.39, 0.29) is 0 Å². The minimum absolute atomic E-state index is 0.491. The van der Waals surface area contributed by atoms with Crippen LogP contribution in [0.5, 0.6) is 5.75 Å². The van der Waals surface area contributed by atoms with Crippen LogP contribution in [0.25, 0.3) is 68.6 Å². The van der Waals surface area contributed by atoms with Crippen molar-refractivity contribution in [3.63, 3.8) is 0 Å². The van der Waals surface area contributed by atoms with Gasteiger partial charge in [0, 0.05) is 26.9 Å². The number of benzene rings is 2. The number of nitrogens with zero attached hydrogens (tertiary/aromatic N) is 2. The van der Waals surface area contributed by atoms with Crippen LogP contribution in [0.2, 0.25) is 0 Å². The largest absolute Gasteiger partial charge is 0.494 e. The summed E-state index contributed by atoms with van der Waals surface area (Å²) in [5.41, 5.74) is 15.9. The molecule has 0 spiro atoms. The molecular weight excluding hydrogens is 632 g/mol. The molecule has 6 heteroatoms. The third-order valence-electron chi connectivity index (χ3n) is 8.97. The molecule has 0 aliphatic carbocycles. The van der Waals surface area contributed by atoms with E-state index in [0.717, 1.165) is 102 Å². The van der Waals surface area contributed by atoms with Crippen molar-refractivity contribution >= 4 is 62.3 Å². The number of halogens is 1. The predicted molar refractivity (Wildman–Crippen MR) is 197 cm³/mol.